The number of nitrogens with one attached hydrogen (secondary N) is 2. The van der Waals surface area contributed by atoms with Gasteiger partial charge in [0.15, 0.2) is 0 Å². The van der Waals surface area contributed by atoms with Gasteiger partial charge in [-0.15, -0.1) is 0 Å². The van der Waals surface area contributed by atoms with Crippen molar-refractivity contribution in [1.29, 1.82) is 5.26 Å². The smallest absolute Gasteiger partial charge is 0.268 e. The first kappa shape index (κ1) is 19.5. The number of nitriles is 1. The van der Waals surface area contributed by atoms with Crippen molar-refractivity contribution in [3.63, 3.8) is 0 Å². The molecule has 3 atom stereocenters. The van der Waals surface area contributed by atoms with Crippen molar-refractivity contribution < 1.29 is 9.59 Å². The van der Waals surface area contributed by atoms with Gasteiger partial charge in [0.05, 0.1) is 12.0 Å². The lowest BCUT2D eigenvalue weighted by molar-refractivity contribution is -0.127. The van der Waals surface area contributed by atoms with E-state index >= 15 is 0 Å². The van der Waals surface area contributed by atoms with Crippen LogP contribution in [0.4, 0.5) is 0 Å². The molecule has 1 aromatic heterocycles. The van der Waals surface area contributed by atoms with Gasteiger partial charge in [0.2, 0.25) is 5.91 Å². The van der Waals surface area contributed by atoms with Crippen molar-refractivity contribution in [1.82, 2.24) is 15.2 Å². The molecular weight excluding hydrogens is 364 g/mol. The number of fused-ring (bicyclic) bond motifs is 1. The van der Waals surface area contributed by atoms with Crippen LogP contribution in [0.3, 0.4) is 0 Å². The molecule has 1 heterocycles. The van der Waals surface area contributed by atoms with Gasteiger partial charge in [-0.2, -0.15) is 5.26 Å². The highest BCUT2D eigenvalue weighted by Crippen LogP contribution is 2.33. The van der Waals surface area contributed by atoms with E-state index < -0.39 is 6.04 Å². The van der Waals surface area contributed by atoms with E-state index in [4.69, 9.17) is 0 Å². The monoisotopic (exact) mass is 392 g/mol. The molecule has 2 amide bonds. The lowest BCUT2D eigenvalue weighted by Gasteiger charge is -2.32. The summed E-state index contributed by atoms with van der Waals surface area (Å²) < 4.78 is 2.02. The first-order chi connectivity index (χ1) is 14.1. The molecule has 4 rings (SSSR count). The Labute approximate surface area is 171 Å². The Bertz CT molecular complexity index is 953. The van der Waals surface area contributed by atoms with Crippen LogP contribution in [0.1, 0.15) is 55.9 Å². The molecule has 0 spiro atoms. The molecule has 2 saturated carbocycles. The van der Waals surface area contributed by atoms with Gasteiger partial charge in [0, 0.05) is 23.5 Å². The molecule has 152 valence electrons. The molecule has 2 aliphatic rings. The van der Waals surface area contributed by atoms with Crippen LogP contribution in [0.5, 0.6) is 0 Å². The van der Waals surface area contributed by atoms with E-state index in [1.807, 2.05) is 41.8 Å². The number of aryl methyl sites for hydroxylation is 1. The van der Waals surface area contributed by atoms with Gasteiger partial charge >= 0.3 is 0 Å². The Hall–Kier alpha value is -2.81. The number of nitrogens with zero attached hydrogens (tertiary/aromatic N) is 2. The molecule has 0 aliphatic heterocycles. The van der Waals surface area contributed by atoms with Gasteiger partial charge in [0.1, 0.15) is 11.7 Å². The predicted molar refractivity (Wildman–Crippen MR) is 111 cm³/mol. The highest BCUT2D eigenvalue weighted by molar-refractivity contribution is 5.99. The SMILES string of the molecule is CCn1c(C(=O)NC2CCCC[C@H]2C(=O)N[C@H](C#N)C2CC2)cc2ccccc21. The van der Waals surface area contributed by atoms with Crippen LogP contribution >= 0.6 is 0 Å². The summed E-state index contributed by atoms with van der Waals surface area (Å²) in [5, 5.41) is 16.4. The van der Waals surface area contributed by atoms with Crippen LogP contribution in [0.2, 0.25) is 0 Å². The fourth-order valence-electron chi connectivity index (χ4n) is 4.54. The minimum absolute atomic E-state index is 0.0931. The van der Waals surface area contributed by atoms with Crippen molar-refractivity contribution in [2.75, 3.05) is 0 Å². The number of para-hydroxylation sites is 1. The van der Waals surface area contributed by atoms with Gasteiger partial charge < -0.3 is 15.2 Å². The fraction of sp³-hybridized carbons (Fsp3) is 0.522. The summed E-state index contributed by atoms with van der Waals surface area (Å²) in [6.45, 7) is 2.73. The van der Waals surface area contributed by atoms with E-state index in [1.54, 1.807) is 0 Å². The Morgan fingerprint density at radius 2 is 1.97 bits per heavy atom. The number of carbonyl (C=O) groups excluding carboxylic acids is 2. The second kappa shape index (κ2) is 8.28. The molecule has 0 radical (unpaired) electrons. The van der Waals surface area contributed by atoms with Gasteiger partial charge in [-0.25, -0.2) is 0 Å². The quantitative estimate of drug-likeness (QED) is 0.790. The average Bonchev–Trinajstić information content (AvgIpc) is 3.51. The van der Waals surface area contributed by atoms with Crippen LogP contribution in [0, 0.1) is 23.2 Å². The summed E-state index contributed by atoms with van der Waals surface area (Å²) in [5.74, 6) is -0.209. The molecule has 1 aromatic carbocycles. The van der Waals surface area contributed by atoms with Gasteiger partial charge in [-0.05, 0) is 50.7 Å². The van der Waals surface area contributed by atoms with Gasteiger partial charge in [0.25, 0.3) is 5.91 Å². The maximum atomic E-state index is 13.1. The number of hydrogen-bond donors (Lipinski definition) is 2. The Morgan fingerprint density at radius 3 is 2.69 bits per heavy atom. The first-order valence-corrected chi connectivity index (χ1v) is 10.7. The number of benzene rings is 1. The molecule has 2 aliphatic carbocycles. The van der Waals surface area contributed by atoms with Crippen LogP contribution in [-0.2, 0) is 11.3 Å². The van der Waals surface area contributed by atoms with Gasteiger partial charge in [-0.3, -0.25) is 9.59 Å². The molecule has 2 aromatic rings. The van der Waals surface area contributed by atoms with Crippen molar-refractivity contribution >= 4 is 22.7 Å². The summed E-state index contributed by atoms with van der Waals surface area (Å²) in [6, 6.07) is 11.5. The summed E-state index contributed by atoms with van der Waals surface area (Å²) in [5.41, 5.74) is 1.67. The molecule has 6 heteroatoms. The normalized spacial score (nSPS) is 22.6. The summed E-state index contributed by atoms with van der Waals surface area (Å²) in [6.07, 6.45) is 5.51. The minimum atomic E-state index is -0.400. The number of rotatable bonds is 6. The van der Waals surface area contributed by atoms with E-state index in [2.05, 4.69) is 16.7 Å². The Kier molecular flexibility index (Phi) is 5.57. The van der Waals surface area contributed by atoms with Gasteiger partial charge in [-0.1, -0.05) is 31.0 Å². The maximum absolute atomic E-state index is 13.1. The molecule has 0 saturated heterocycles. The van der Waals surface area contributed by atoms with Crippen LogP contribution in [0.15, 0.2) is 30.3 Å². The summed E-state index contributed by atoms with van der Waals surface area (Å²) in [4.78, 5) is 26.0. The number of hydrogen-bond acceptors (Lipinski definition) is 3. The lowest BCUT2D eigenvalue weighted by atomic mass is 9.83. The van der Waals surface area contributed by atoms with E-state index in [0.717, 1.165) is 49.4 Å². The second-order valence-electron chi connectivity index (χ2n) is 8.26. The van der Waals surface area contributed by atoms with Crippen LogP contribution < -0.4 is 10.6 Å². The van der Waals surface area contributed by atoms with Crippen molar-refractivity contribution in [3.05, 3.63) is 36.0 Å². The zero-order chi connectivity index (χ0) is 20.4. The molecule has 2 fully saturated rings. The third-order valence-corrected chi connectivity index (χ3v) is 6.31. The second-order valence-corrected chi connectivity index (χ2v) is 8.26. The average molecular weight is 393 g/mol. The third-order valence-electron chi connectivity index (χ3n) is 6.31. The number of carbonyl (C=O) groups is 2. The molecular formula is C23H28N4O2. The van der Waals surface area contributed by atoms with E-state index in [0.29, 0.717) is 18.2 Å². The zero-order valence-electron chi connectivity index (χ0n) is 16.9. The number of amides is 2. The standard InChI is InChI=1S/C23H28N4O2/c1-2-27-20-10-6-3-7-16(20)13-21(27)23(29)25-18-9-5-4-8-17(18)22(28)26-19(14-24)15-11-12-15/h3,6-7,10,13,15,17-19H,2,4-5,8-9,11-12H2,1H3,(H,25,29)(H,26,28)/t17-,18?,19-/m1/s1. The lowest BCUT2D eigenvalue weighted by Crippen LogP contribution is -2.50. The largest absolute Gasteiger partial charge is 0.347 e. The predicted octanol–water partition coefficient (Wildman–Crippen LogP) is 3.37. The molecule has 2 N–H and O–H groups in total. The van der Waals surface area contributed by atoms with E-state index in [1.165, 1.54) is 0 Å². The summed E-state index contributed by atoms with van der Waals surface area (Å²) >= 11 is 0. The molecule has 29 heavy (non-hydrogen) atoms. The highest BCUT2D eigenvalue weighted by Gasteiger charge is 2.37. The highest BCUT2D eigenvalue weighted by atomic mass is 16.2. The van der Waals surface area contributed by atoms with Crippen LogP contribution in [0.25, 0.3) is 10.9 Å². The van der Waals surface area contributed by atoms with Crippen molar-refractivity contribution in [2.24, 2.45) is 11.8 Å². The van der Waals surface area contributed by atoms with Crippen LogP contribution in [-0.4, -0.2) is 28.5 Å². The summed E-state index contributed by atoms with van der Waals surface area (Å²) in [7, 11) is 0. The third kappa shape index (κ3) is 4.00. The topological polar surface area (TPSA) is 86.9 Å². The molecule has 0 bridgehead atoms. The fourth-order valence-corrected chi connectivity index (χ4v) is 4.54. The Balaban J connectivity index is 1.50. The Morgan fingerprint density at radius 1 is 1.21 bits per heavy atom. The number of aromatic nitrogens is 1. The van der Waals surface area contributed by atoms with Crippen molar-refractivity contribution in [2.45, 2.75) is 64.1 Å². The van der Waals surface area contributed by atoms with Crippen molar-refractivity contribution in [3.8, 4) is 6.07 Å². The zero-order valence-corrected chi connectivity index (χ0v) is 16.9. The molecule has 6 nitrogen and oxygen atoms in total. The minimum Gasteiger partial charge on any atom is -0.347 e. The van der Waals surface area contributed by atoms with E-state index in [9.17, 15) is 14.9 Å². The molecule has 1 unspecified atom stereocenters. The maximum Gasteiger partial charge on any atom is 0.268 e. The van der Waals surface area contributed by atoms with E-state index in [-0.39, 0.29) is 23.8 Å². The first-order valence-electron chi connectivity index (χ1n) is 10.7.